The van der Waals surface area contributed by atoms with Gasteiger partial charge in [0.2, 0.25) is 0 Å². The van der Waals surface area contributed by atoms with Crippen molar-refractivity contribution in [3.8, 4) is 22.6 Å². The molecular weight excluding hydrogens is 398 g/mol. The highest BCUT2D eigenvalue weighted by Gasteiger charge is 2.25. The molecule has 8 heteroatoms. The van der Waals surface area contributed by atoms with Crippen molar-refractivity contribution in [2.24, 2.45) is 0 Å². The molecule has 31 heavy (non-hydrogen) atoms. The molecule has 0 atom stereocenters. The molecule has 0 N–H and O–H groups in total. The van der Waals surface area contributed by atoms with Crippen LogP contribution in [0.5, 0.6) is 0 Å². The quantitative estimate of drug-likeness (QED) is 0.464. The van der Waals surface area contributed by atoms with Gasteiger partial charge in [0, 0.05) is 18.1 Å². The Morgan fingerprint density at radius 1 is 0.935 bits per heavy atom. The Kier molecular flexibility index (Phi) is 5.36. The first-order chi connectivity index (χ1) is 15.0. The summed E-state index contributed by atoms with van der Waals surface area (Å²) in [5, 5.41) is 4.37. The summed E-state index contributed by atoms with van der Waals surface area (Å²) < 4.78 is 12.8. The fourth-order valence-electron chi connectivity index (χ4n) is 3.24. The van der Waals surface area contributed by atoms with Gasteiger partial charge in [0.1, 0.15) is 11.3 Å². The van der Waals surface area contributed by atoms with Crippen LogP contribution >= 0.6 is 0 Å². The standard InChI is InChI=1S/C23H19N3O5/c1-3-31-22(28)15-9-11-16(12-10-15)25-13-18-20(19(14-25)23(29)30-2)24-26(21(18)27)17-7-5-4-6-8-17/h4-14H,3H2,1-2H3. The highest BCUT2D eigenvalue weighted by atomic mass is 16.5. The first kappa shape index (κ1) is 20.1. The van der Waals surface area contributed by atoms with Crippen LogP contribution in [0.2, 0.25) is 0 Å². The number of pyridine rings is 1. The molecule has 0 bridgehead atoms. The number of fused-ring (bicyclic) bond motifs is 1. The van der Waals surface area contributed by atoms with Gasteiger partial charge in [-0.25, -0.2) is 9.59 Å². The minimum Gasteiger partial charge on any atom is -0.465 e. The van der Waals surface area contributed by atoms with Gasteiger partial charge in [0.05, 0.1) is 30.5 Å². The second-order valence-corrected chi connectivity index (χ2v) is 6.65. The summed E-state index contributed by atoms with van der Waals surface area (Å²) in [5.74, 6) is -1.03. The van der Waals surface area contributed by atoms with Crippen LogP contribution in [0.25, 0.3) is 22.6 Å². The molecule has 0 fully saturated rings. The van der Waals surface area contributed by atoms with E-state index < -0.39 is 11.9 Å². The average molecular weight is 417 g/mol. The van der Waals surface area contributed by atoms with E-state index >= 15 is 0 Å². The molecule has 2 aliphatic rings. The highest BCUT2D eigenvalue weighted by molar-refractivity contribution is 5.96. The van der Waals surface area contributed by atoms with Crippen molar-refractivity contribution in [3.05, 3.63) is 88.5 Å². The maximum atomic E-state index is 13.1. The molecule has 8 nitrogen and oxygen atoms in total. The molecule has 2 aromatic carbocycles. The number of esters is 2. The Balaban J connectivity index is 1.86. The summed E-state index contributed by atoms with van der Waals surface area (Å²) in [6, 6.07) is 15.6. The van der Waals surface area contributed by atoms with Gasteiger partial charge in [-0.1, -0.05) is 18.2 Å². The zero-order valence-electron chi connectivity index (χ0n) is 16.9. The van der Waals surface area contributed by atoms with Crippen LogP contribution in [-0.2, 0) is 9.47 Å². The summed E-state index contributed by atoms with van der Waals surface area (Å²) >= 11 is 0. The molecule has 0 amide bonds. The second-order valence-electron chi connectivity index (χ2n) is 6.65. The van der Waals surface area contributed by atoms with Crippen LogP contribution in [-0.4, -0.2) is 40.0 Å². The van der Waals surface area contributed by atoms with Gasteiger partial charge >= 0.3 is 11.9 Å². The minimum absolute atomic E-state index is 0.154. The lowest BCUT2D eigenvalue weighted by Crippen LogP contribution is -2.15. The molecule has 2 aromatic rings. The Morgan fingerprint density at radius 3 is 2.29 bits per heavy atom. The lowest BCUT2D eigenvalue weighted by atomic mass is 10.1. The number of hydrogen-bond donors (Lipinski definition) is 0. The fraction of sp³-hybridized carbons (Fsp3) is 0.130. The number of methoxy groups -OCH3 is 1. The third-order valence-corrected chi connectivity index (χ3v) is 4.75. The van der Waals surface area contributed by atoms with Crippen LogP contribution in [0.15, 0.2) is 71.8 Å². The molecule has 0 unspecified atom stereocenters. The third-order valence-electron chi connectivity index (χ3n) is 4.75. The van der Waals surface area contributed by atoms with Gasteiger partial charge in [0.25, 0.3) is 5.56 Å². The van der Waals surface area contributed by atoms with Gasteiger partial charge in [-0.15, -0.1) is 0 Å². The van der Waals surface area contributed by atoms with Crippen molar-refractivity contribution >= 4 is 11.9 Å². The van der Waals surface area contributed by atoms with Crippen LogP contribution in [0.1, 0.15) is 27.6 Å². The van der Waals surface area contributed by atoms with Crippen LogP contribution in [0.3, 0.4) is 0 Å². The number of ether oxygens (including phenoxy) is 2. The lowest BCUT2D eigenvalue weighted by Gasteiger charge is -2.12. The summed E-state index contributed by atoms with van der Waals surface area (Å²) in [6.07, 6.45) is 3.16. The highest BCUT2D eigenvalue weighted by Crippen LogP contribution is 2.25. The van der Waals surface area contributed by atoms with E-state index in [0.717, 1.165) is 0 Å². The Labute approximate surface area is 177 Å². The van der Waals surface area contributed by atoms with E-state index in [2.05, 4.69) is 5.10 Å². The molecule has 4 rings (SSSR count). The number of nitrogens with zero attached hydrogens (tertiary/aromatic N) is 3. The van der Waals surface area contributed by atoms with Crippen molar-refractivity contribution in [2.45, 2.75) is 6.92 Å². The van der Waals surface area contributed by atoms with Crippen LogP contribution < -0.4 is 5.56 Å². The molecule has 0 aliphatic carbocycles. The van der Waals surface area contributed by atoms with E-state index in [1.165, 1.54) is 11.8 Å². The van der Waals surface area contributed by atoms with Gasteiger partial charge in [-0.2, -0.15) is 9.78 Å². The Morgan fingerprint density at radius 2 is 1.65 bits per heavy atom. The average Bonchev–Trinajstić information content (AvgIpc) is 3.15. The Bertz CT molecular complexity index is 1270. The van der Waals surface area contributed by atoms with E-state index in [9.17, 15) is 14.4 Å². The maximum Gasteiger partial charge on any atom is 0.341 e. The Hall–Kier alpha value is -4.20. The molecule has 0 saturated heterocycles. The SMILES string of the molecule is CCOC(=O)c1ccc(-n2cc(C(=O)OC)c3nn(-c4ccccc4)c(=O)c-3c2)cc1. The van der Waals surface area contributed by atoms with Gasteiger partial charge in [0.15, 0.2) is 0 Å². The summed E-state index contributed by atoms with van der Waals surface area (Å²) in [4.78, 5) is 37.4. The normalized spacial score (nSPS) is 10.8. The number of para-hydroxylation sites is 1. The third kappa shape index (κ3) is 3.71. The minimum atomic E-state index is -0.611. The molecule has 0 radical (unpaired) electrons. The number of carbonyl (C=O) groups excluding carboxylic acids is 2. The summed E-state index contributed by atoms with van der Waals surface area (Å²) in [7, 11) is 1.27. The number of aromatic nitrogens is 3. The van der Waals surface area contributed by atoms with Gasteiger partial charge in [-0.05, 0) is 43.3 Å². The number of carbonyl (C=O) groups is 2. The second kappa shape index (κ2) is 8.27. The van der Waals surface area contributed by atoms with Crippen molar-refractivity contribution < 1.29 is 19.1 Å². The van der Waals surface area contributed by atoms with Crippen molar-refractivity contribution in [1.82, 2.24) is 14.3 Å². The predicted molar refractivity (Wildman–Crippen MR) is 113 cm³/mol. The van der Waals surface area contributed by atoms with E-state index in [0.29, 0.717) is 16.9 Å². The van der Waals surface area contributed by atoms with Crippen molar-refractivity contribution in [1.29, 1.82) is 0 Å². The van der Waals surface area contributed by atoms with Gasteiger partial charge in [-0.3, -0.25) is 4.79 Å². The fourth-order valence-corrected chi connectivity index (χ4v) is 3.24. The zero-order valence-corrected chi connectivity index (χ0v) is 16.9. The molecular formula is C23H19N3O5. The first-order valence-corrected chi connectivity index (χ1v) is 9.59. The molecule has 156 valence electrons. The summed E-state index contributed by atoms with van der Waals surface area (Å²) in [6.45, 7) is 2.02. The molecule has 0 spiro atoms. The molecule has 0 aromatic heterocycles. The largest absolute Gasteiger partial charge is 0.465 e. The first-order valence-electron chi connectivity index (χ1n) is 9.59. The number of rotatable bonds is 5. The topological polar surface area (TPSA) is 92.4 Å². The number of benzene rings is 2. The van der Waals surface area contributed by atoms with Gasteiger partial charge < -0.3 is 14.0 Å². The van der Waals surface area contributed by atoms with Crippen molar-refractivity contribution in [2.75, 3.05) is 13.7 Å². The van der Waals surface area contributed by atoms with E-state index in [1.54, 1.807) is 72.4 Å². The molecule has 2 aliphatic heterocycles. The smallest absolute Gasteiger partial charge is 0.341 e. The van der Waals surface area contributed by atoms with Crippen LogP contribution in [0, 0.1) is 0 Å². The lowest BCUT2D eigenvalue weighted by molar-refractivity contribution is 0.0525. The van der Waals surface area contributed by atoms with E-state index in [4.69, 9.17) is 9.47 Å². The maximum absolute atomic E-state index is 13.1. The summed E-state index contributed by atoms with van der Waals surface area (Å²) in [5.41, 5.74) is 1.95. The number of hydrogen-bond acceptors (Lipinski definition) is 6. The molecule has 2 heterocycles. The van der Waals surface area contributed by atoms with Crippen LogP contribution in [0.4, 0.5) is 0 Å². The monoisotopic (exact) mass is 417 g/mol. The zero-order chi connectivity index (χ0) is 22.0. The predicted octanol–water partition coefficient (Wildman–Crippen LogP) is 3.09. The van der Waals surface area contributed by atoms with Crippen molar-refractivity contribution in [3.63, 3.8) is 0 Å². The van der Waals surface area contributed by atoms with E-state index in [-0.39, 0.29) is 29.0 Å². The van der Waals surface area contributed by atoms with E-state index in [1.807, 2.05) is 6.07 Å². The molecule has 0 saturated carbocycles.